The number of aryl methyl sites for hydroxylation is 2. The predicted octanol–water partition coefficient (Wildman–Crippen LogP) is 5.66. The number of thiazole rings is 1. The first kappa shape index (κ1) is 23.7. The number of nitrogens with zero attached hydrogens (tertiary/aromatic N) is 3. The van der Waals surface area contributed by atoms with Gasteiger partial charge in [-0.25, -0.2) is 4.98 Å². The van der Waals surface area contributed by atoms with Gasteiger partial charge in [0.25, 0.3) is 5.91 Å². The van der Waals surface area contributed by atoms with Crippen molar-refractivity contribution in [3.05, 3.63) is 53.1 Å². The molecule has 7 heteroatoms. The quantitative estimate of drug-likeness (QED) is 0.436. The van der Waals surface area contributed by atoms with Crippen molar-refractivity contribution in [2.45, 2.75) is 25.7 Å². The molecule has 0 bridgehead atoms. The minimum atomic E-state index is 0. The Morgan fingerprint density at radius 2 is 1.72 bits per heavy atom. The Kier molecular flexibility index (Phi) is 8.52. The second kappa shape index (κ2) is 10.4. The fourth-order valence-corrected chi connectivity index (χ4v) is 4.62. The van der Waals surface area contributed by atoms with Gasteiger partial charge in [-0.2, -0.15) is 0 Å². The Bertz CT molecular complexity index is 931. The molecular weight excluding hydrogens is 422 g/mol. The van der Waals surface area contributed by atoms with Gasteiger partial charge < -0.3 is 4.90 Å². The van der Waals surface area contributed by atoms with Gasteiger partial charge in [0.05, 0.1) is 10.2 Å². The zero-order chi connectivity index (χ0) is 20.3. The number of halogens is 1. The molecule has 0 atom stereocenters. The Labute approximate surface area is 187 Å². The van der Waals surface area contributed by atoms with Gasteiger partial charge in [0.1, 0.15) is 0 Å². The molecule has 0 saturated carbocycles. The second-order valence-corrected chi connectivity index (χ2v) is 9.46. The smallest absolute Gasteiger partial charge is 0.260 e. The number of thioether (sulfide) groups is 1. The van der Waals surface area contributed by atoms with Crippen LogP contribution in [0.5, 0.6) is 0 Å². The van der Waals surface area contributed by atoms with Gasteiger partial charge in [-0.1, -0.05) is 18.3 Å². The molecular formula is C22H28ClN3OS2. The van der Waals surface area contributed by atoms with E-state index < -0.39 is 0 Å². The number of benzene rings is 2. The van der Waals surface area contributed by atoms with Gasteiger partial charge in [0, 0.05) is 23.5 Å². The lowest BCUT2D eigenvalue weighted by molar-refractivity contribution is 0.0985. The first-order valence-electron chi connectivity index (χ1n) is 9.46. The number of aromatic nitrogens is 1. The van der Waals surface area contributed by atoms with Crippen molar-refractivity contribution in [3.63, 3.8) is 0 Å². The van der Waals surface area contributed by atoms with E-state index in [1.807, 2.05) is 43.3 Å². The average molecular weight is 450 g/mol. The Balaban J connectivity index is 0.00000300. The highest BCUT2D eigenvalue weighted by Crippen LogP contribution is 2.31. The maximum absolute atomic E-state index is 13.3. The highest BCUT2D eigenvalue weighted by atomic mass is 35.5. The van der Waals surface area contributed by atoms with E-state index >= 15 is 0 Å². The molecule has 0 aliphatic heterocycles. The number of carbonyl (C=O) groups excluding carboxylic acids is 1. The standard InChI is InChI=1S/C22H27N3OS2.ClH/c1-6-27-18-9-7-17(8-10-18)21(26)25(12-11-24(4)5)22-23-19-13-15(2)16(3)14-20(19)28-22;/h7-10,13-14H,6,11-12H2,1-5H3;1H. The number of hydrogen-bond acceptors (Lipinski definition) is 5. The summed E-state index contributed by atoms with van der Waals surface area (Å²) >= 11 is 3.36. The average Bonchev–Trinajstić information content (AvgIpc) is 3.05. The van der Waals surface area contributed by atoms with Gasteiger partial charge in [0.15, 0.2) is 5.13 Å². The molecule has 0 aliphatic rings. The molecule has 4 nitrogen and oxygen atoms in total. The van der Waals surface area contributed by atoms with Crippen LogP contribution in [0.1, 0.15) is 28.4 Å². The Morgan fingerprint density at radius 3 is 2.34 bits per heavy atom. The number of fused-ring (bicyclic) bond motifs is 1. The fourth-order valence-electron chi connectivity index (χ4n) is 2.88. The molecule has 0 N–H and O–H groups in total. The van der Waals surface area contributed by atoms with Crippen LogP contribution in [0.2, 0.25) is 0 Å². The minimum absolute atomic E-state index is 0. The maximum atomic E-state index is 13.3. The number of carbonyl (C=O) groups is 1. The van der Waals surface area contributed by atoms with Crippen LogP contribution in [-0.4, -0.2) is 48.7 Å². The van der Waals surface area contributed by atoms with E-state index in [0.717, 1.165) is 27.6 Å². The lowest BCUT2D eigenvalue weighted by Crippen LogP contribution is -2.36. The van der Waals surface area contributed by atoms with Crippen LogP contribution in [0.3, 0.4) is 0 Å². The van der Waals surface area contributed by atoms with Crippen molar-refractivity contribution in [3.8, 4) is 0 Å². The topological polar surface area (TPSA) is 36.4 Å². The van der Waals surface area contributed by atoms with Gasteiger partial charge in [-0.15, -0.1) is 24.2 Å². The molecule has 0 spiro atoms. The summed E-state index contributed by atoms with van der Waals surface area (Å²) in [5, 5.41) is 0.763. The zero-order valence-corrected chi connectivity index (χ0v) is 20.0. The molecule has 1 amide bonds. The summed E-state index contributed by atoms with van der Waals surface area (Å²) in [6.45, 7) is 7.72. The van der Waals surface area contributed by atoms with E-state index in [1.54, 1.807) is 23.1 Å². The van der Waals surface area contributed by atoms with E-state index in [0.29, 0.717) is 12.1 Å². The monoisotopic (exact) mass is 449 g/mol. The van der Waals surface area contributed by atoms with Crippen molar-refractivity contribution in [2.75, 3.05) is 37.8 Å². The minimum Gasteiger partial charge on any atom is -0.308 e. The summed E-state index contributed by atoms with van der Waals surface area (Å²) in [6.07, 6.45) is 0. The van der Waals surface area contributed by atoms with Crippen molar-refractivity contribution in [2.24, 2.45) is 0 Å². The highest BCUT2D eigenvalue weighted by Gasteiger charge is 2.21. The lowest BCUT2D eigenvalue weighted by atomic mass is 10.1. The summed E-state index contributed by atoms with van der Waals surface area (Å²) in [5.41, 5.74) is 4.13. The molecule has 1 aromatic heterocycles. The van der Waals surface area contributed by atoms with Gasteiger partial charge in [-0.05, 0) is 81.2 Å². The van der Waals surface area contributed by atoms with Crippen molar-refractivity contribution in [1.82, 2.24) is 9.88 Å². The van der Waals surface area contributed by atoms with Crippen molar-refractivity contribution in [1.29, 1.82) is 0 Å². The lowest BCUT2D eigenvalue weighted by Gasteiger charge is -2.22. The fraction of sp³-hybridized carbons (Fsp3) is 0.364. The Morgan fingerprint density at radius 1 is 1.07 bits per heavy atom. The molecule has 0 radical (unpaired) electrons. The summed E-state index contributed by atoms with van der Waals surface area (Å²) in [6, 6.07) is 12.2. The van der Waals surface area contributed by atoms with Crippen molar-refractivity contribution < 1.29 is 4.79 Å². The number of amides is 1. The number of hydrogen-bond donors (Lipinski definition) is 0. The highest BCUT2D eigenvalue weighted by molar-refractivity contribution is 7.99. The number of rotatable bonds is 7. The molecule has 2 aromatic carbocycles. The van der Waals surface area contributed by atoms with Gasteiger partial charge >= 0.3 is 0 Å². The van der Waals surface area contributed by atoms with Crippen LogP contribution in [-0.2, 0) is 0 Å². The van der Waals surface area contributed by atoms with Crippen LogP contribution in [0.4, 0.5) is 5.13 Å². The maximum Gasteiger partial charge on any atom is 0.260 e. The summed E-state index contributed by atoms with van der Waals surface area (Å²) in [7, 11) is 4.04. The summed E-state index contributed by atoms with van der Waals surface area (Å²) in [4.78, 5) is 23.2. The largest absolute Gasteiger partial charge is 0.308 e. The first-order chi connectivity index (χ1) is 13.4. The normalized spacial score (nSPS) is 11.0. The van der Waals surface area contributed by atoms with Gasteiger partial charge in [0.2, 0.25) is 0 Å². The molecule has 0 unspecified atom stereocenters. The molecule has 29 heavy (non-hydrogen) atoms. The zero-order valence-electron chi connectivity index (χ0n) is 17.6. The third-order valence-corrected chi connectivity index (χ3v) is 6.59. The van der Waals surface area contributed by atoms with Crippen LogP contribution in [0.25, 0.3) is 10.2 Å². The molecule has 3 aromatic rings. The van der Waals surface area contributed by atoms with Crippen molar-refractivity contribution >= 4 is 56.8 Å². The summed E-state index contributed by atoms with van der Waals surface area (Å²) in [5.74, 6) is 1.02. The van der Waals surface area contributed by atoms with E-state index in [9.17, 15) is 4.79 Å². The molecule has 0 saturated heterocycles. The third-order valence-electron chi connectivity index (χ3n) is 4.65. The Hall–Kier alpha value is -1.60. The third kappa shape index (κ3) is 5.72. The van der Waals surface area contributed by atoms with E-state index in [-0.39, 0.29) is 18.3 Å². The van der Waals surface area contributed by atoms with Gasteiger partial charge in [-0.3, -0.25) is 9.69 Å². The molecule has 0 fully saturated rings. The van der Waals surface area contributed by atoms with Crippen LogP contribution >= 0.6 is 35.5 Å². The molecule has 0 aliphatic carbocycles. The molecule has 156 valence electrons. The first-order valence-corrected chi connectivity index (χ1v) is 11.3. The second-order valence-electron chi connectivity index (χ2n) is 7.12. The van der Waals surface area contributed by atoms with E-state index in [4.69, 9.17) is 4.98 Å². The van der Waals surface area contributed by atoms with Crippen LogP contribution in [0, 0.1) is 13.8 Å². The predicted molar refractivity (Wildman–Crippen MR) is 129 cm³/mol. The number of anilines is 1. The summed E-state index contributed by atoms with van der Waals surface area (Å²) < 4.78 is 1.12. The molecule has 3 rings (SSSR count). The van der Waals surface area contributed by atoms with E-state index in [2.05, 4.69) is 37.8 Å². The number of likely N-dealkylation sites (N-methyl/N-ethyl adjacent to an activating group) is 1. The van der Waals surface area contributed by atoms with E-state index in [1.165, 1.54) is 16.0 Å². The SMILES string of the molecule is CCSc1ccc(C(=O)N(CCN(C)C)c2nc3cc(C)c(C)cc3s2)cc1.Cl. The van der Waals surface area contributed by atoms with Crippen LogP contribution < -0.4 is 4.90 Å². The molecule has 1 heterocycles. The van der Waals surface area contributed by atoms with Crippen LogP contribution in [0.15, 0.2) is 41.3 Å².